The van der Waals surface area contributed by atoms with Gasteiger partial charge >= 0.3 is 0 Å². The van der Waals surface area contributed by atoms with Crippen molar-refractivity contribution in [2.24, 2.45) is 20.7 Å². The quantitative estimate of drug-likeness (QED) is 0.632. The molecule has 2 N–H and O–H groups in total. The Morgan fingerprint density at radius 2 is 2.33 bits per heavy atom. The number of primary amides is 1. The third-order valence-corrected chi connectivity index (χ3v) is 2.13. The van der Waals surface area contributed by atoms with Crippen LogP contribution in [0.5, 0.6) is 0 Å². The first-order valence-electron chi connectivity index (χ1n) is 4.50. The summed E-state index contributed by atoms with van der Waals surface area (Å²) in [7, 11) is 1.56. The highest BCUT2D eigenvalue weighted by atomic mass is 16.1. The molecule has 0 bridgehead atoms. The summed E-state index contributed by atoms with van der Waals surface area (Å²) in [6.45, 7) is 0. The van der Waals surface area contributed by atoms with Gasteiger partial charge in [-0.1, -0.05) is 18.2 Å². The first-order valence-corrected chi connectivity index (χ1v) is 4.50. The number of hydrogen-bond donors (Lipinski definition) is 1. The van der Waals surface area contributed by atoms with Gasteiger partial charge in [0.15, 0.2) is 11.5 Å². The van der Waals surface area contributed by atoms with E-state index in [0.717, 1.165) is 5.71 Å². The summed E-state index contributed by atoms with van der Waals surface area (Å²) >= 11 is 0. The van der Waals surface area contributed by atoms with E-state index < -0.39 is 5.91 Å². The highest BCUT2D eigenvalue weighted by Gasteiger charge is 2.24. The van der Waals surface area contributed by atoms with Crippen LogP contribution in [-0.2, 0) is 4.79 Å². The third kappa shape index (κ3) is 1.63. The second-order valence-electron chi connectivity index (χ2n) is 3.11. The monoisotopic (exact) mass is 202 g/mol. The summed E-state index contributed by atoms with van der Waals surface area (Å²) in [4.78, 5) is 23.4. The van der Waals surface area contributed by atoms with Crippen molar-refractivity contribution in [2.75, 3.05) is 7.05 Å². The standard InChI is InChI=1S/C10H10N4O/c1-12-10-8(9(11)15)13-6-4-2-3-5-7(6)14-10/h2-6H,1H3,(H2,11,15). The summed E-state index contributed by atoms with van der Waals surface area (Å²) in [6, 6.07) is -0.206. The summed E-state index contributed by atoms with van der Waals surface area (Å²) < 4.78 is 0. The molecule has 1 aliphatic heterocycles. The van der Waals surface area contributed by atoms with Gasteiger partial charge in [0.25, 0.3) is 5.91 Å². The molecular weight excluding hydrogens is 192 g/mol. The molecule has 0 aromatic rings. The molecule has 2 rings (SSSR count). The molecule has 0 spiro atoms. The van der Waals surface area contributed by atoms with Crippen molar-refractivity contribution in [3.63, 3.8) is 0 Å². The summed E-state index contributed by atoms with van der Waals surface area (Å²) in [5.74, 6) is -0.296. The maximum atomic E-state index is 11.1. The smallest absolute Gasteiger partial charge is 0.270 e. The molecule has 0 radical (unpaired) electrons. The lowest BCUT2D eigenvalue weighted by Gasteiger charge is -2.17. The van der Waals surface area contributed by atoms with Crippen LogP contribution in [0.4, 0.5) is 0 Å². The van der Waals surface area contributed by atoms with Crippen molar-refractivity contribution < 1.29 is 4.79 Å². The number of amides is 1. The molecule has 1 amide bonds. The van der Waals surface area contributed by atoms with Crippen molar-refractivity contribution >= 4 is 23.2 Å². The van der Waals surface area contributed by atoms with E-state index in [4.69, 9.17) is 5.73 Å². The Bertz CT molecular complexity index is 454. The molecule has 15 heavy (non-hydrogen) atoms. The van der Waals surface area contributed by atoms with Gasteiger partial charge in [-0.2, -0.15) is 0 Å². The van der Waals surface area contributed by atoms with Crippen LogP contribution in [0.1, 0.15) is 0 Å². The Morgan fingerprint density at radius 1 is 1.53 bits per heavy atom. The molecule has 1 aliphatic carbocycles. The molecular formula is C10H10N4O. The number of aliphatic imine (C=N–C) groups is 3. The fraction of sp³-hybridized carbons (Fsp3) is 0.200. The first-order chi connectivity index (χ1) is 7.22. The van der Waals surface area contributed by atoms with E-state index in [-0.39, 0.29) is 11.8 Å². The average Bonchev–Trinajstić information content (AvgIpc) is 2.27. The van der Waals surface area contributed by atoms with Crippen LogP contribution in [0.15, 0.2) is 39.3 Å². The molecule has 1 unspecified atom stereocenters. The van der Waals surface area contributed by atoms with Crippen LogP contribution in [0.25, 0.3) is 0 Å². The maximum Gasteiger partial charge on any atom is 0.270 e. The molecule has 2 aliphatic rings. The molecule has 0 aromatic heterocycles. The lowest BCUT2D eigenvalue weighted by atomic mass is 10.0. The van der Waals surface area contributed by atoms with Gasteiger partial charge in [0.05, 0.1) is 5.71 Å². The number of fused-ring (bicyclic) bond motifs is 1. The van der Waals surface area contributed by atoms with E-state index in [0.29, 0.717) is 5.84 Å². The Kier molecular flexibility index (Phi) is 2.29. The zero-order chi connectivity index (χ0) is 10.8. The van der Waals surface area contributed by atoms with Crippen LogP contribution >= 0.6 is 0 Å². The van der Waals surface area contributed by atoms with Gasteiger partial charge in [-0.15, -0.1) is 0 Å². The predicted molar refractivity (Wildman–Crippen MR) is 59.5 cm³/mol. The second kappa shape index (κ2) is 3.61. The highest BCUT2D eigenvalue weighted by Crippen LogP contribution is 2.11. The number of hydrogen-bond acceptors (Lipinski definition) is 3. The topological polar surface area (TPSA) is 80.2 Å². The molecule has 0 saturated carbocycles. The fourth-order valence-corrected chi connectivity index (χ4v) is 1.44. The van der Waals surface area contributed by atoms with Gasteiger partial charge in [0, 0.05) is 7.05 Å². The Labute approximate surface area is 86.8 Å². The summed E-state index contributed by atoms with van der Waals surface area (Å²) in [5, 5.41) is 0. The number of carbonyl (C=O) groups excluding carboxylic acids is 1. The Hall–Kier alpha value is -2.04. The van der Waals surface area contributed by atoms with Crippen molar-refractivity contribution in [3.05, 3.63) is 24.3 Å². The lowest BCUT2D eigenvalue weighted by molar-refractivity contribution is -0.111. The van der Waals surface area contributed by atoms with E-state index in [9.17, 15) is 4.79 Å². The Balaban J connectivity index is 2.45. The van der Waals surface area contributed by atoms with E-state index >= 15 is 0 Å². The Morgan fingerprint density at radius 3 is 3.00 bits per heavy atom. The van der Waals surface area contributed by atoms with Crippen LogP contribution in [0, 0.1) is 0 Å². The van der Waals surface area contributed by atoms with E-state index in [2.05, 4.69) is 15.0 Å². The number of amidine groups is 1. The first kappa shape index (κ1) is 9.51. The number of allylic oxidation sites excluding steroid dienone is 2. The minimum atomic E-state index is -0.596. The second-order valence-corrected chi connectivity index (χ2v) is 3.11. The van der Waals surface area contributed by atoms with Crippen molar-refractivity contribution in [3.8, 4) is 0 Å². The number of rotatable bonds is 1. The average molecular weight is 202 g/mol. The minimum absolute atomic E-state index is 0.145. The van der Waals surface area contributed by atoms with Crippen molar-refractivity contribution in [2.45, 2.75) is 6.04 Å². The van der Waals surface area contributed by atoms with Gasteiger partial charge in [-0.25, -0.2) is 4.99 Å². The summed E-state index contributed by atoms with van der Waals surface area (Å²) in [6.07, 6.45) is 7.43. The molecule has 1 atom stereocenters. The third-order valence-electron chi connectivity index (χ3n) is 2.13. The summed E-state index contributed by atoms with van der Waals surface area (Å²) in [5.41, 5.74) is 6.12. The van der Waals surface area contributed by atoms with Gasteiger partial charge in [0.2, 0.25) is 0 Å². The lowest BCUT2D eigenvalue weighted by Crippen LogP contribution is -2.37. The molecule has 76 valence electrons. The van der Waals surface area contributed by atoms with E-state index in [1.54, 1.807) is 7.05 Å². The SMILES string of the molecule is CN=C1N=C2C=CC=CC2N=C1C(N)=O. The van der Waals surface area contributed by atoms with Crippen molar-refractivity contribution in [1.29, 1.82) is 0 Å². The zero-order valence-electron chi connectivity index (χ0n) is 8.21. The predicted octanol–water partition coefficient (Wildman–Crippen LogP) is -0.110. The van der Waals surface area contributed by atoms with Crippen LogP contribution in [-0.4, -0.2) is 36.3 Å². The zero-order valence-corrected chi connectivity index (χ0v) is 8.21. The normalized spacial score (nSPS) is 25.9. The number of carbonyl (C=O) groups is 1. The molecule has 0 fully saturated rings. The number of nitrogens with two attached hydrogens (primary N) is 1. The van der Waals surface area contributed by atoms with Crippen LogP contribution in [0.3, 0.4) is 0 Å². The molecule has 0 saturated heterocycles. The highest BCUT2D eigenvalue weighted by molar-refractivity contribution is 6.67. The largest absolute Gasteiger partial charge is 0.364 e. The minimum Gasteiger partial charge on any atom is -0.364 e. The van der Waals surface area contributed by atoms with Gasteiger partial charge in [0.1, 0.15) is 6.04 Å². The molecule has 1 heterocycles. The molecule has 0 aromatic carbocycles. The fourth-order valence-electron chi connectivity index (χ4n) is 1.44. The maximum absolute atomic E-state index is 11.1. The van der Waals surface area contributed by atoms with Gasteiger partial charge < -0.3 is 5.73 Å². The van der Waals surface area contributed by atoms with E-state index in [1.165, 1.54) is 0 Å². The van der Waals surface area contributed by atoms with Gasteiger partial charge in [-0.3, -0.25) is 14.8 Å². The van der Waals surface area contributed by atoms with Crippen LogP contribution < -0.4 is 5.73 Å². The number of nitrogens with zero attached hydrogens (tertiary/aromatic N) is 3. The van der Waals surface area contributed by atoms with E-state index in [1.807, 2.05) is 24.3 Å². The van der Waals surface area contributed by atoms with Crippen molar-refractivity contribution in [1.82, 2.24) is 0 Å². The van der Waals surface area contributed by atoms with Crippen LogP contribution in [0.2, 0.25) is 0 Å². The molecule has 5 heteroatoms. The molecule has 5 nitrogen and oxygen atoms in total. The van der Waals surface area contributed by atoms with Gasteiger partial charge in [-0.05, 0) is 6.08 Å².